The van der Waals surface area contributed by atoms with E-state index in [1.165, 1.54) is 0 Å². The lowest BCUT2D eigenvalue weighted by atomic mass is 10.0. The maximum absolute atomic E-state index is 10.5. The molecule has 1 nitrogen and oxygen atoms in total. The molecule has 0 aliphatic heterocycles. The van der Waals surface area contributed by atoms with Crippen molar-refractivity contribution in [2.45, 2.75) is 33.6 Å². The highest BCUT2D eigenvalue weighted by atomic mass is 16.1. The van der Waals surface area contributed by atoms with Gasteiger partial charge in [-0.2, -0.15) is 0 Å². The van der Waals surface area contributed by atoms with Crippen LogP contribution in [0.2, 0.25) is 0 Å². The zero-order valence-electron chi connectivity index (χ0n) is 5.90. The Balaban J connectivity index is 3.32. The van der Waals surface area contributed by atoms with Crippen molar-refractivity contribution < 1.29 is 4.79 Å². The third-order valence-electron chi connectivity index (χ3n) is 1.42. The first kappa shape index (κ1) is 7.67. The van der Waals surface area contributed by atoms with Crippen LogP contribution in [0.15, 0.2) is 0 Å². The summed E-state index contributed by atoms with van der Waals surface area (Å²) >= 11 is 0. The molecule has 0 unspecified atom stereocenters. The minimum atomic E-state index is 0.278. The molecule has 0 bridgehead atoms. The molecule has 0 aliphatic carbocycles. The highest BCUT2D eigenvalue weighted by Crippen LogP contribution is 2.04. The predicted molar refractivity (Wildman–Crippen MR) is 34.8 cm³/mol. The minimum absolute atomic E-state index is 0.278. The van der Waals surface area contributed by atoms with Crippen molar-refractivity contribution in [2.75, 3.05) is 0 Å². The SMILES string of the molecule is CCC[C@H](C)C(C)=O. The summed E-state index contributed by atoms with van der Waals surface area (Å²) in [6, 6.07) is 0. The first-order valence-electron chi connectivity index (χ1n) is 3.19. The van der Waals surface area contributed by atoms with E-state index in [0.29, 0.717) is 5.78 Å². The maximum Gasteiger partial charge on any atom is 0.132 e. The standard InChI is InChI=1S/C7H14O/c1-4-5-6(2)7(3)8/h6H,4-5H2,1-3H3/t6-/m0/s1. The fraction of sp³-hybridized carbons (Fsp3) is 0.857. The topological polar surface area (TPSA) is 17.1 Å². The molecule has 0 rings (SSSR count). The van der Waals surface area contributed by atoms with E-state index >= 15 is 0 Å². The molecular formula is C7H14O. The summed E-state index contributed by atoms with van der Waals surface area (Å²) in [5.41, 5.74) is 0. The van der Waals surface area contributed by atoms with Gasteiger partial charge in [0.25, 0.3) is 0 Å². The van der Waals surface area contributed by atoms with Crippen LogP contribution < -0.4 is 0 Å². The van der Waals surface area contributed by atoms with Crippen molar-refractivity contribution in [1.29, 1.82) is 0 Å². The van der Waals surface area contributed by atoms with Crippen LogP contribution in [-0.4, -0.2) is 5.78 Å². The van der Waals surface area contributed by atoms with E-state index in [1.807, 2.05) is 6.92 Å². The molecule has 0 aromatic carbocycles. The molecule has 0 radical (unpaired) electrons. The van der Waals surface area contributed by atoms with Gasteiger partial charge in [0.1, 0.15) is 5.78 Å². The highest BCUT2D eigenvalue weighted by molar-refractivity contribution is 5.77. The van der Waals surface area contributed by atoms with Gasteiger partial charge in [0, 0.05) is 5.92 Å². The Labute approximate surface area is 51.1 Å². The average molecular weight is 114 g/mol. The Bertz CT molecular complexity index is 76.5. The molecule has 0 spiro atoms. The molecule has 0 N–H and O–H groups in total. The molecular weight excluding hydrogens is 100 g/mol. The van der Waals surface area contributed by atoms with Gasteiger partial charge in [0.15, 0.2) is 0 Å². The van der Waals surface area contributed by atoms with Crippen molar-refractivity contribution >= 4 is 5.78 Å². The van der Waals surface area contributed by atoms with Crippen LogP contribution >= 0.6 is 0 Å². The van der Waals surface area contributed by atoms with E-state index in [9.17, 15) is 4.79 Å². The van der Waals surface area contributed by atoms with Crippen LogP contribution in [0.1, 0.15) is 33.6 Å². The highest BCUT2D eigenvalue weighted by Gasteiger charge is 2.03. The number of rotatable bonds is 3. The number of carbonyl (C=O) groups is 1. The van der Waals surface area contributed by atoms with Crippen LogP contribution in [0, 0.1) is 5.92 Å². The predicted octanol–water partition coefficient (Wildman–Crippen LogP) is 2.01. The van der Waals surface area contributed by atoms with Crippen LogP contribution in [0.25, 0.3) is 0 Å². The quantitative estimate of drug-likeness (QED) is 0.548. The van der Waals surface area contributed by atoms with E-state index in [0.717, 1.165) is 12.8 Å². The lowest BCUT2D eigenvalue weighted by molar-refractivity contribution is -0.120. The van der Waals surface area contributed by atoms with Crippen LogP contribution in [0.5, 0.6) is 0 Å². The molecule has 1 heteroatoms. The van der Waals surface area contributed by atoms with Crippen LogP contribution in [0.4, 0.5) is 0 Å². The third-order valence-corrected chi connectivity index (χ3v) is 1.42. The molecule has 0 saturated carbocycles. The van der Waals surface area contributed by atoms with E-state index < -0.39 is 0 Å². The average Bonchev–Trinajstić information content (AvgIpc) is 1.67. The van der Waals surface area contributed by atoms with E-state index in [1.54, 1.807) is 6.92 Å². The molecule has 0 fully saturated rings. The van der Waals surface area contributed by atoms with Gasteiger partial charge in [-0.3, -0.25) is 4.79 Å². The largest absolute Gasteiger partial charge is 0.300 e. The summed E-state index contributed by atoms with van der Waals surface area (Å²) in [6.45, 7) is 5.73. The molecule has 48 valence electrons. The first-order valence-corrected chi connectivity index (χ1v) is 3.19. The van der Waals surface area contributed by atoms with Crippen molar-refractivity contribution in [3.63, 3.8) is 0 Å². The Hall–Kier alpha value is -0.330. The van der Waals surface area contributed by atoms with Gasteiger partial charge in [-0.05, 0) is 13.3 Å². The molecule has 0 aromatic heterocycles. The second kappa shape index (κ2) is 3.65. The first-order chi connectivity index (χ1) is 3.68. The Kier molecular flexibility index (Phi) is 3.49. The summed E-state index contributed by atoms with van der Waals surface area (Å²) in [5.74, 6) is 0.590. The summed E-state index contributed by atoms with van der Waals surface area (Å²) < 4.78 is 0. The van der Waals surface area contributed by atoms with E-state index in [2.05, 4.69) is 6.92 Å². The normalized spacial score (nSPS) is 13.4. The van der Waals surface area contributed by atoms with E-state index in [-0.39, 0.29) is 5.92 Å². The number of hydrogen-bond donors (Lipinski definition) is 0. The van der Waals surface area contributed by atoms with Gasteiger partial charge < -0.3 is 0 Å². The fourth-order valence-electron chi connectivity index (χ4n) is 0.636. The van der Waals surface area contributed by atoms with Crippen LogP contribution in [-0.2, 0) is 4.79 Å². The van der Waals surface area contributed by atoms with Crippen molar-refractivity contribution in [3.8, 4) is 0 Å². The second-order valence-electron chi connectivity index (χ2n) is 2.30. The molecule has 8 heavy (non-hydrogen) atoms. The lowest BCUT2D eigenvalue weighted by Gasteiger charge is -2.01. The number of ketones is 1. The molecule has 0 heterocycles. The Morgan fingerprint density at radius 3 is 2.25 bits per heavy atom. The molecule has 0 saturated heterocycles. The van der Waals surface area contributed by atoms with Gasteiger partial charge in [0.2, 0.25) is 0 Å². The number of hydrogen-bond acceptors (Lipinski definition) is 1. The van der Waals surface area contributed by atoms with Gasteiger partial charge in [0.05, 0.1) is 0 Å². The van der Waals surface area contributed by atoms with E-state index in [4.69, 9.17) is 0 Å². The summed E-state index contributed by atoms with van der Waals surface area (Å²) in [6.07, 6.45) is 2.15. The molecule has 0 aliphatic rings. The second-order valence-corrected chi connectivity index (χ2v) is 2.30. The fourth-order valence-corrected chi connectivity index (χ4v) is 0.636. The monoisotopic (exact) mass is 114 g/mol. The van der Waals surface area contributed by atoms with Gasteiger partial charge in [-0.1, -0.05) is 20.3 Å². The zero-order chi connectivity index (χ0) is 6.57. The molecule has 0 amide bonds. The van der Waals surface area contributed by atoms with Crippen molar-refractivity contribution in [1.82, 2.24) is 0 Å². The number of carbonyl (C=O) groups excluding carboxylic acids is 1. The van der Waals surface area contributed by atoms with Gasteiger partial charge >= 0.3 is 0 Å². The summed E-state index contributed by atoms with van der Waals surface area (Å²) in [5, 5.41) is 0. The summed E-state index contributed by atoms with van der Waals surface area (Å²) in [7, 11) is 0. The Morgan fingerprint density at radius 1 is 1.62 bits per heavy atom. The zero-order valence-corrected chi connectivity index (χ0v) is 5.90. The van der Waals surface area contributed by atoms with Gasteiger partial charge in [-0.25, -0.2) is 0 Å². The van der Waals surface area contributed by atoms with Crippen molar-refractivity contribution in [2.24, 2.45) is 5.92 Å². The maximum atomic E-state index is 10.5. The third kappa shape index (κ3) is 2.78. The summed E-state index contributed by atoms with van der Waals surface area (Å²) in [4.78, 5) is 10.5. The lowest BCUT2D eigenvalue weighted by Crippen LogP contribution is -2.04. The Morgan fingerprint density at radius 2 is 2.12 bits per heavy atom. The van der Waals surface area contributed by atoms with Crippen molar-refractivity contribution in [3.05, 3.63) is 0 Å². The molecule has 0 aromatic rings. The van der Waals surface area contributed by atoms with Gasteiger partial charge in [-0.15, -0.1) is 0 Å². The van der Waals surface area contributed by atoms with Crippen LogP contribution in [0.3, 0.4) is 0 Å². The minimum Gasteiger partial charge on any atom is -0.300 e. The number of Topliss-reactive ketones (excluding diaryl/α,β-unsaturated/α-hetero) is 1. The smallest absolute Gasteiger partial charge is 0.132 e. The molecule has 1 atom stereocenters.